The maximum Gasteiger partial charge on any atom is 0.332 e. The summed E-state index contributed by atoms with van der Waals surface area (Å²) in [6, 6.07) is 0. The summed E-state index contributed by atoms with van der Waals surface area (Å²) in [5.74, 6) is -1.20. The van der Waals surface area contributed by atoms with Crippen LogP contribution in [0.1, 0.15) is 23.8 Å². The van der Waals surface area contributed by atoms with Crippen LogP contribution in [0.25, 0.3) is 10.2 Å². The molecule has 0 bridgehead atoms. The third kappa shape index (κ3) is 2.21. The molecule has 1 N–H and O–H groups in total. The van der Waals surface area contributed by atoms with Gasteiger partial charge in [-0.05, 0) is 31.7 Å². The van der Waals surface area contributed by atoms with Crippen molar-refractivity contribution in [2.45, 2.75) is 39.3 Å². The Kier molecular flexibility index (Phi) is 3.52. The molecule has 0 radical (unpaired) electrons. The average molecular weight is 320 g/mol. The van der Waals surface area contributed by atoms with Crippen molar-refractivity contribution >= 4 is 27.5 Å². The number of aliphatic carboxylic acids is 1. The molecule has 0 saturated carbocycles. The van der Waals surface area contributed by atoms with E-state index in [1.54, 1.807) is 6.92 Å². The van der Waals surface area contributed by atoms with Crippen LogP contribution < -0.4 is 11.2 Å². The number of fused-ring (bicyclic) bond motifs is 3. The molecular formula is C15H16N2O4S. The van der Waals surface area contributed by atoms with Gasteiger partial charge < -0.3 is 5.11 Å². The Morgan fingerprint density at radius 3 is 2.64 bits per heavy atom. The maximum absolute atomic E-state index is 12.6. The van der Waals surface area contributed by atoms with Gasteiger partial charge in [-0.1, -0.05) is 12.2 Å². The number of carbonyl (C=O) groups is 1. The summed E-state index contributed by atoms with van der Waals surface area (Å²) >= 11 is 1.47. The molecule has 116 valence electrons. The second-order valence-corrected chi connectivity index (χ2v) is 6.73. The van der Waals surface area contributed by atoms with Gasteiger partial charge >= 0.3 is 11.7 Å². The molecule has 0 atom stereocenters. The summed E-state index contributed by atoms with van der Waals surface area (Å²) in [6.45, 7) is 5.28. The highest BCUT2D eigenvalue weighted by molar-refractivity contribution is 7.18. The van der Waals surface area contributed by atoms with Crippen molar-refractivity contribution in [2.75, 3.05) is 0 Å². The highest BCUT2D eigenvalue weighted by Gasteiger charge is 2.25. The Bertz CT molecular complexity index is 916. The van der Waals surface area contributed by atoms with Gasteiger partial charge in [-0.15, -0.1) is 11.3 Å². The number of aromatic nitrogens is 2. The van der Waals surface area contributed by atoms with Gasteiger partial charge in [0.25, 0.3) is 5.56 Å². The van der Waals surface area contributed by atoms with E-state index in [2.05, 4.69) is 6.58 Å². The van der Waals surface area contributed by atoms with Gasteiger partial charge in [0.1, 0.15) is 11.4 Å². The van der Waals surface area contributed by atoms with Gasteiger partial charge in [0, 0.05) is 11.4 Å². The molecule has 2 aromatic rings. The summed E-state index contributed by atoms with van der Waals surface area (Å²) in [5.41, 5.74) is 0.694. The standard InChI is InChI=1S/C15H16N2O4S/c1-8(2)6-17-14-12(9-4-3-5-10(9)22-14)13(20)16(15(17)21)7-11(18)19/h1,3-7H2,2H3,(H,18,19). The molecule has 0 aromatic carbocycles. The van der Waals surface area contributed by atoms with Crippen LogP contribution in [0.4, 0.5) is 0 Å². The molecule has 1 aliphatic rings. The molecule has 3 rings (SSSR count). The molecule has 0 saturated heterocycles. The lowest BCUT2D eigenvalue weighted by Crippen LogP contribution is -2.41. The minimum atomic E-state index is -1.20. The fourth-order valence-electron chi connectivity index (χ4n) is 2.94. The van der Waals surface area contributed by atoms with Gasteiger partial charge in [-0.25, -0.2) is 9.36 Å². The van der Waals surface area contributed by atoms with Gasteiger partial charge in [-0.2, -0.15) is 0 Å². The lowest BCUT2D eigenvalue weighted by atomic mass is 10.2. The van der Waals surface area contributed by atoms with Crippen LogP contribution >= 0.6 is 11.3 Å². The lowest BCUT2D eigenvalue weighted by Gasteiger charge is -2.11. The number of thiophene rings is 1. The van der Waals surface area contributed by atoms with Crippen molar-refractivity contribution < 1.29 is 9.90 Å². The number of hydrogen-bond donors (Lipinski definition) is 1. The van der Waals surface area contributed by atoms with E-state index in [9.17, 15) is 14.4 Å². The van der Waals surface area contributed by atoms with Crippen molar-refractivity contribution in [1.82, 2.24) is 9.13 Å². The molecule has 22 heavy (non-hydrogen) atoms. The van der Waals surface area contributed by atoms with E-state index in [-0.39, 0.29) is 6.54 Å². The van der Waals surface area contributed by atoms with E-state index in [1.165, 1.54) is 15.9 Å². The van der Waals surface area contributed by atoms with Crippen LogP contribution in [0.15, 0.2) is 21.7 Å². The largest absolute Gasteiger partial charge is 0.480 e. The van der Waals surface area contributed by atoms with Crippen LogP contribution in [-0.2, 0) is 30.7 Å². The molecule has 2 heterocycles. The molecular weight excluding hydrogens is 304 g/mol. The molecule has 0 aliphatic heterocycles. The van der Waals surface area contributed by atoms with Crippen molar-refractivity contribution in [3.05, 3.63) is 43.4 Å². The van der Waals surface area contributed by atoms with Gasteiger partial charge in [0.05, 0.1) is 5.39 Å². The summed E-state index contributed by atoms with van der Waals surface area (Å²) < 4.78 is 2.30. The Morgan fingerprint density at radius 1 is 1.27 bits per heavy atom. The van der Waals surface area contributed by atoms with Crippen LogP contribution in [-0.4, -0.2) is 20.2 Å². The minimum Gasteiger partial charge on any atom is -0.480 e. The molecule has 0 spiro atoms. The first-order valence-corrected chi connectivity index (χ1v) is 7.86. The van der Waals surface area contributed by atoms with E-state index in [0.717, 1.165) is 39.8 Å². The molecule has 7 heteroatoms. The van der Waals surface area contributed by atoms with E-state index < -0.39 is 23.8 Å². The highest BCUT2D eigenvalue weighted by Crippen LogP contribution is 2.35. The van der Waals surface area contributed by atoms with Gasteiger partial charge in [0.2, 0.25) is 0 Å². The fraction of sp³-hybridized carbons (Fsp3) is 0.400. The minimum absolute atomic E-state index is 0.286. The number of nitrogens with zero attached hydrogens (tertiary/aromatic N) is 2. The van der Waals surface area contributed by atoms with E-state index >= 15 is 0 Å². The number of aryl methyl sites for hydroxylation is 2. The molecule has 0 amide bonds. The first-order valence-electron chi connectivity index (χ1n) is 7.04. The maximum atomic E-state index is 12.6. The lowest BCUT2D eigenvalue weighted by molar-refractivity contribution is -0.137. The quantitative estimate of drug-likeness (QED) is 0.863. The average Bonchev–Trinajstić information content (AvgIpc) is 2.99. The molecule has 2 aromatic heterocycles. The number of rotatable bonds is 4. The van der Waals surface area contributed by atoms with Crippen molar-refractivity contribution in [1.29, 1.82) is 0 Å². The Labute approximate surface area is 129 Å². The number of hydrogen-bond acceptors (Lipinski definition) is 4. The van der Waals surface area contributed by atoms with Crippen LogP contribution in [0.5, 0.6) is 0 Å². The Balaban J connectivity index is 2.41. The summed E-state index contributed by atoms with van der Waals surface area (Å²) in [5, 5.41) is 9.50. The zero-order valence-corrected chi connectivity index (χ0v) is 13.0. The van der Waals surface area contributed by atoms with Crippen LogP contribution in [0, 0.1) is 0 Å². The first-order chi connectivity index (χ1) is 10.4. The predicted octanol–water partition coefficient (Wildman–Crippen LogP) is 1.37. The first kappa shape index (κ1) is 14.8. The van der Waals surface area contributed by atoms with Crippen LogP contribution in [0.3, 0.4) is 0 Å². The van der Waals surface area contributed by atoms with E-state index in [0.29, 0.717) is 10.2 Å². The normalized spacial score (nSPS) is 13.5. The Morgan fingerprint density at radius 2 is 2.00 bits per heavy atom. The summed E-state index contributed by atoms with van der Waals surface area (Å²) in [4.78, 5) is 37.9. The number of carboxylic acid groups (broad SMARTS) is 1. The molecule has 0 unspecified atom stereocenters. The van der Waals surface area contributed by atoms with Crippen molar-refractivity contribution in [3.8, 4) is 0 Å². The zero-order chi connectivity index (χ0) is 16.0. The third-order valence-electron chi connectivity index (χ3n) is 3.79. The summed E-state index contributed by atoms with van der Waals surface area (Å²) in [7, 11) is 0. The molecule has 6 nitrogen and oxygen atoms in total. The van der Waals surface area contributed by atoms with E-state index in [1.807, 2.05) is 0 Å². The van der Waals surface area contributed by atoms with Gasteiger partial charge in [-0.3, -0.25) is 14.2 Å². The predicted molar refractivity (Wildman–Crippen MR) is 84.8 cm³/mol. The van der Waals surface area contributed by atoms with Gasteiger partial charge in [0.15, 0.2) is 0 Å². The molecule has 0 fully saturated rings. The fourth-order valence-corrected chi connectivity index (χ4v) is 4.31. The molecule has 1 aliphatic carbocycles. The highest BCUT2D eigenvalue weighted by atomic mass is 32.1. The third-order valence-corrected chi connectivity index (χ3v) is 5.10. The SMILES string of the molecule is C=C(C)Cn1c(=O)n(CC(=O)O)c(=O)c2c3c(sc21)CCC3. The van der Waals surface area contributed by atoms with Crippen LogP contribution in [0.2, 0.25) is 0 Å². The topological polar surface area (TPSA) is 81.3 Å². The zero-order valence-electron chi connectivity index (χ0n) is 12.2. The van der Waals surface area contributed by atoms with Crippen molar-refractivity contribution in [2.24, 2.45) is 0 Å². The number of carboxylic acids is 1. The smallest absolute Gasteiger partial charge is 0.332 e. The van der Waals surface area contributed by atoms with Crippen molar-refractivity contribution in [3.63, 3.8) is 0 Å². The monoisotopic (exact) mass is 320 g/mol. The second-order valence-electron chi connectivity index (χ2n) is 5.65. The Hall–Kier alpha value is -2.15. The van der Waals surface area contributed by atoms with E-state index in [4.69, 9.17) is 5.11 Å². The second kappa shape index (κ2) is 5.24. The summed E-state index contributed by atoms with van der Waals surface area (Å²) in [6.07, 6.45) is 2.71. The number of allylic oxidation sites excluding steroid dienone is 1.